The predicted octanol–water partition coefficient (Wildman–Crippen LogP) is 2.90. The number of halogens is 1. The third-order valence-corrected chi connectivity index (χ3v) is 3.34. The lowest BCUT2D eigenvalue weighted by molar-refractivity contribution is -0.120. The minimum atomic E-state index is -0.0803. The van der Waals surface area contributed by atoms with E-state index in [4.69, 9.17) is 16.0 Å². The molecule has 2 aromatic rings. The monoisotopic (exact) mass is 292 g/mol. The van der Waals surface area contributed by atoms with Crippen LogP contribution in [0.2, 0.25) is 5.02 Å². The maximum atomic E-state index is 11.8. The van der Waals surface area contributed by atoms with Gasteiger partial charge in [-0.15, -0.1) is 0 Å². The van der Waals surface area contributed by atoms with Gasteiger partial charge in [-0.2, -0.15) is 0 Å². The largest absolute Gasteiger partial charge is 0.468 e. The Balaban J connectivity index is 1.75. The Bertz CT molecular complexity index is 555. The summed E-state index contributed by atoms with van der Waals surface area (Å²) in [5.41, 5.74) is 0.904. The first-order valence-electron chi connectivity index (χ1n) is 6.43. The predicted molar refractivity (Wildman–Crippen MR) is 78.4 cm³/mol. The molecule has 20 heavy (non-hydrogen) atoms. The number of nitrogens with one attached hydrogen (secondary N) is 2. The molecule has 0 saturated heterocycles. The summed E-state index contributed by atoms with van der Waals surface area (Å²) in [5.74, 6) is 0.729. The minimum absolute atomic E-state index is 0.00365. The minimum Gasteiger partial charge on any atom is -0.468 e. The molecule has 1 aromatic heterocycles. The van der Waals surface area contributed by atoms with Gasteiger partial charge in [0.15, 0.2) is 0 Å². The van der Waals surface area contributed by atoms with Crippen molar-refractivity contribution < 1.29 is 9.21 Å². The number of benzene rings is 1. The number of hydrogen-bond acceptors (Lipinski definition) is 3. The van der Waals surface area contributed by atoms with Crippen LogP contribution in [0.25, 0.3) is 0 Å². The van der Waals surface area contributed by atoms with Crippen molar-refractivity contribution in [1.29, 1.82) is 0 Å². The Labute approximate surface area is 123 Å². The molecule has 5 heteroatoms. The zero-order valence-electron chi connectivity index (χ0n) is 11.2. The van der Waals surface area contributed by atoms with Crippen molar-refractivity contribution in [2.45, 2.75) is 19.5 Å². The van der Waals surface area contributed by atoms with Gasteiger partial charge in [0, 0.05) is 11.6 Å². The number of amides is 1. The van der Waals surface area contributed by atoms with Crippen LogP contribution < -0.4 is 10.6 Å². The molecule has 0 aliphatic rings. The Hall–Kier alpha value is -1.78. The maximum Gasteiger partial charge on any atom is 0.234 e. The highest BCUT2D eigenvalue weighted by Gasteiger charge is 2.09. The van der Waals surface area contributed by atoms with E-state index < -0.39 is 0 Å². The van der Waals surface area contributed by atoms with Crippen molar-refractivity contribution in [2.24, 2.45) is 0 Å². The molecule has 0 radical (unpaired) electrons. The zero-order chi connectivity index (χ0) is 14.4. The summed E-state index contributed by atoms with van der Waals surface area (Å²) < 4.78 is 5.26. The van der Waals surface area contributed by atoms with Gasteiger partial charge >= 0.3 is 0 Å². The average molecular weight is 293 g/mol. The van der Waals surface area contributed by atoms with Gasteiger partial charge in [-0.3, -0.25) is 10.1 Å². The zero-order valence-corrected chi connectivity index (χ0v) is 12.0. The average Bonchev–Trinajstić information content (AvgIpc) is 2.98. The van der Waals surface area contributed by atoms with E-state index in [0.717, 1.165) is 11.3 Å². The van der Waals surface area contributed by atoms with Crippen molar-refractivity contribution >= 4 is 17.5 Å². The van der Waals surface area contributed by atoms with E-state index in [-0.39, 0.29) is 18.5 Å². The van der Waals surface area contributed by atoms with Crippen LogP contribution in [0.5, 0.6) is 0 Å². The van der Waals surface area contributed by atoms with Crippen LogP contribution in [-0.2, 0) is 11.3 Å². The van der Waals surface area contributed by atoms with Gasteiger partial charge in [-0.25, -0.2) is 0 Å². The normalized spacial score (nSPS) is 12.1. The van der Waals surface area contributed by atoms with Crippen molar-refractivity contribution in [3.05, 3.63) is 59.0 Å². The molecule has 2 N–H and O–H groups in total. The van der Waals surface area contributed by atoms with E-state index in [9.17, 15) is 4.79 Å². The summed E-state index contributed by atoms with van der Waals surface area (Å²) in [6.07, 6.45) is 1.62. The molecule has 0 spiro atoms. The Kier molecular flexibility index (Phi) is 5.21. The smallest absolute Gasteiger partial charge is 0.234 e. The highest BCUT2D eigenvalue weighted by atomic mass is 35.5. The topological polar surface area (TPSA) is 54.3 Å². The fourth-order valence-electron chi connectivity index (χ4n) is 1.78. The maximum absolute atomic E-state index is 11.8. The quantitative estimate of drug-likeness (QED) is 0.861. The Morgan fingerprint density at radius 1 is 1.30 bits per heavy atom. The molecule has 106 valence electrons. The third kappa shape index (κ3) is 4.11. The molecule has 2 rings (SSSR count). The molecule has 0 aliphatic heterocycles. The fourth-order valence-corrected chi connectivity index (χ4v) is 1.98. The molecular weight excluding hydrogens is 276 g/mol. The first-order valence-corrected chi connectivity index (χ1v) is 6.81. The van der Waals surface area contributed by atoms with Crippen LogP contribution in [0.15, 0.2) is 47.1 Å². The summed E-state index contributed by atoms with van der Waals surface area (Å²) in [4.78, 5) is 11.8. The second kappa shape index (κ2) is 7.12. The molecule has 1 amide bonds. The van der Waals surface area contributed by atoms with Crippen LogP contribution in [-0.4, -0.2) is 12.5 Å². The van der Waals surface area contributed by atoms with E-state index in [0.29, 0.717) is 11.6 Å². The first-order chi connectivity index (χ1) is 9.66. The standard InChI is InChI=1S/C15H17ClN2O2/c1-11(14-7-4-8-20-14)17-10-15(19)18-9-12-5-2-3-6-13(12)16/h2-8,11,17H,9-10H2,1H3,(H,18,19)/t11-/m0/s1. The Morgan fingerprint density at radius 3 is 2.80 bits per heavy atom. The van der Waals surface area contributed by atoms with Crippen molar-refractivity contribution in [2.75, 3.05) is 6.54 Å². The van der Waals surface area contributed by atoms with Gasteiger partial charge in [-0.05, 0) is 30.7 Å². The number of carbonyl (C=O) groups excluding carboxylic acids is 1. The van der Waals surface area contributed by atoms with E-state index in [1.54, 1.807) is 12.3 Å². The van der Waals surface area contributed by atoms with E-state index in [1.807, 2.05) is 37.3 Å². The van der Waals surface area contributed by atoms with Crippen LogP contribution in [0.1, 0.15) is 24.3 Å². The first kappa shape index (κ1) is 14.6. The van der Waals surface area contributed by atoms with Gasteiger partial charge in [0.1, 0.15) is 5.76 Å². The summed E-state index contributed by atoms with van der Waals surface area (Å²) in [6, 6.07) is 11.1. The summed E-state index contributed by atoms with van der Waals surface area (Å²) in [7, 11) is 0. The molecule has 4 nitrogen and oxygen atoms in total. The van der Waals surface area contributed by atoms with Crippen molar-refractivity contribution in [1.82, 2.24) is 10.6 Å². The van der Waals surface area contributed by atoms with E-state index in [1.165, 1.54) is 0 Å². The molecule has 0 saturated carbocycles. The molecule has 0 bridgehead atoms. The lowest BCUT2D eigenvalue weighted by Crippen LogP contribution is -2.34. The van der Waals surface area contributed by atoms with Crippen molar-refractivity contribution in [3.8, 4) is 0 Å². The van der Waals surface area contributed by atoms with Gasteiger partial charge in [0.2, 0.25) is 5.91 Å². The third-order valence-electron chi connectivity index (χ3n) is 2.97. The number of furan rings is 1. The van der Waals surface area contributed by atoms with Gasteiger partial charge < -0.3 is 9.73 Å². The lowest BCUT2D eigenvalue weighted by Gasteiger charge is -2.11. The number of carbonyl (C=O) groups is 1. The fraction of sp³-hybridized carbons (Fsp3) is 0.267. The van der Waals surface area contributed by atoms with Crippen molar-refractivity contribution in [3.63, 3.8) is 0 Å². The molecule has 0 unspecified atom stereocenters. The lowest BCUT2D eigenvalue weighted by atomic mass is 10.2. The molecule has 1 atom stereocenters. The number of hydrogen-bond donors (Lipinski definition) is 2. The summed E-state index contributed by atoms with van der Waals surface area (Å²) in [6.45, 7) is 2.60. The SMILES string of the molecule is C[C@H](NCC(=O)NCc1ccccc1Cl)c1ccco1. The van der Waals surface area contributed by atoms with Crippen LogP contribution >= 0.6 is 11.6 Å². The molecule has 1 aromatic carbocycles. The van der Waals surface area contributed by atoms with Gasteiger partial charge in [0.05, 0.1) is 18.8 Å². The Morgan fingerprint density at radius 2 is 2.10 bits per heavy atom. The molecule has 1 heterocycles. The second-order valence-corrected chi connectivity index (χ2v) is 4.89. The van der Waals surface area contributed by atoms with E-state index >= 15 is 0 Å². The van der Waals surface area contributed by atoms with Crippen LogP contribution in [0.3, 0.4) is 0 Å². The summed E-state index contributed by atoms with van der Waals surface area (Å²) in [5, 5.41) is 6.58. The highest BCUT2D eigenvalue weighted by Crippen LogP contribution is 2.14. The highest BCUT2D eigenvalue weighted by molar-refractivity contribution is 6.31. The molecule has 0 aliphatic carbocycles. The van der Waals surface area contributed by atoms with E-state index in [2.05, 4.69) is 10.6 Å². The van der Waals surface area contributed by atoms with Crippen LogP contribution in [0.4, 0.5) is 0 Å². The number of rotatable bonds is 6. The molecular formula is C15H17ClN2O2. The summed E-state index contributed by atoms with van der Waals surface area (Å²) >= 11 is 6.02. The second-order valence-electron chi connectivity index (χ2n) is 4.49. The van der Waals surface area contributed by atoms with Crippen LogP contribution in [0, 0.1) is 0 Å². The van der Waals surface area contributed by atoms with Gasteiger partial charge in [0.25, 0.3) is 0 Å². The molecule has 0 fully saturated rings. The van der Waals surface area contributed by atoms with Gasteiger partial charge in [-0.1, -0.05) is 29.8 Å².